The fraction of sp³-hybridized carbons (Fsp3) is 0.250. The van der Waals surface area contributed by atoms with Crippen LogP contribution in [0.3, 0.4) is 0 Å². The van der Waals surface area contributed by atoms with Gasteiger partial charge in [0, 0.05) is 5.02 Å². The predicted molar refractivity (Wildman–Crippen MR) is 132 cm³/mol. The molecular formula is C24H23ClN4O4S. The van der Waals surface area contributed by atoms with Crippen molar-refractivity contribution in [2.24, 2.45) is 0 Å². The second-order valence-electron chi connectivity index (χ2n) is 7.00. The van der Waals surface area contributed by atoms with Gasteiger partial charge in [-0.3, -0.25) is 10.1 Å². The first-order chi connectivity index (χ1) is 16.4. The quantitative estimate of drug-likeness (QED) is 0.236. The van der Waals surface area contributed by atoms with Crippen molar-refractivity contribution in [3.8, 4) is 23.3 Å². The zero-order valence-electron chi connectivity index (χ0n) is 18.9. The number of rotatable bonds is 10. The SMILES string of the molecule is CCc1nnc(NC(=O)C(C#N)=Cc2ccc(OCCOc3ccc(Cl)c(C)c3)c(OC)c2)s1. The Balaban J connectivity index is 1.62. The molecule has 1 heterocycles. The molecule has 0 aliphatic rings. The zero-order chi connectivity index (χ0) is 24.5. The number of anilines is 1. The molecule has 1 amide bonds. The third kappa shape index (κ3) is 6.70. The highest BCUT2D eigenvalue weighted by molar-refractivity contribution is 7.15. The molecule has 34 heavy (non-hydrogen) atoms. The van der Waals surface area contributed by atoms with Gasteiger partial charge in [0.05, 0.1) is 7.11 Å². The van der Waals surface area contributed by atoms with Crippen molar-refractivity contribution < 1.29 is 19.0 Å². The number of hydrogen-bond donors (Lipinski definition) is 1. The highest BCUT2D eigenvalue weighted by Crippen LogP contribution is 2.29. The van der Waals surface area contributed by atoms with Crippen LogP contribution in [-0.4, -0.2) is 36.4 Å². The largest absolute Gasteiger partial charge is 0.493 e. The van der Waals surface area contributed by atoms with Crippen LogP contribution in [0.2, 0.25) is 5.02 Å². The van der Waals surface area contributed by atoms with E-state index in [2.05, 4.69) is 15.5 Å². The molecular weight excluding hydrogens is 476 g/mol. The van der Waals surface area contributed by atoms with Crippen molar-refractivity contribution in [1.29, 1.82) is 5.26 Å². The molecule has 1 N–H and O–H groups in total. The van der Waals surface area contributed by atoms with Crippen LogP contribution < -0.4 is 19.5 Å². The second-order valence-corrected chi connectivity index (χ2v) is 8.47. The number of hydrogen-bond acceptors (Lipinski definition) is 8. The van der Waals surface area contributed by atoms with Crippen molar-refractivity contribution >= 4 is 40.1 Å². The van der Waals surface area contributed by atoms with Crippen LogP contribution in [0.1, 0.15) is 23.1 Å². The number of nitrogens with zero attached hydrogens (tertiary/aromatic N) is 3. The summed E-state index contributed by atoms with van der Waals surface area (Å²) in [5.74, 6) is 1.12. The third-order valence-electron chi connectivity index (χ3n) is 4.59. The van der Waals surface area contributed by atoms with Crippen LogP contribution in [0.4, 0.5) is 5.13 Å². The maximum Gasteiger partial charge on any atom is 0.268 e. The summed E-state index contributed by atoms with van der Waals surface area (Å²) in [7, 11) is 1.52. The minimum absolute atomic E-state index is 0.0735. The lowest BCUT2D eigenvalue weighted by Crippen LogP contribution is -2.13. The van der Waals surface area contributed by atoms with Crippen molar-refractivity contribution in [2.75, 3.05) is 25.6 Å². The maximum absolute atomic E-state index is 12.5. The number of nitrogens with one attached hydrogen (secondary N) is 1. The monoisotopic (exact) mass is 498 g/mol. The molecule has 0 spiro atoms. The molecule has 0 saturated carbocycles. The van der Waals surface area contributed by atoms with Gasteiger partial charge in [-0.1, -0.05) is 35.9 Å². The van der Waals surface area contributed by atoms with E-state index in [1.165, 1.54) is 24.5 Å². The topological polar surface area (TPSA) is 106 Å². The standard InChI is InChI=1S/C24H23ClN4O4S/c1-4-22-28-29-24(34-22)27-23(30)17(14-26)12-16-5-8-20(21(13-16)31-3)33-10-9-32-18-6-7-19(25)15(2)11-18/h5-8,11-13H,4,9-10H2,1-3H3,(H,27,29,30). The van der Waals surface area contributed by atoms with Gasteiger partial charge < -0.3 is 14.2 Å². The van der Waals surface area contributed by atoms with Crippen molar-refractivity contribution in [1.82, 2.24) is 10.2 Å². The van der Waals surface area contributed by atoms with Gasteiger partial charge in [0.25, 0.3) is 5.91 Å². The Morgan fingerprint density at radius 1 is 1.18 bits per heavy atom. The molecule has 0 unspecified atom stereocenters. The van der Waals surface area contributed by atoms with Gasteiger partial charge in [-0.2, -0.15) is 5.26 Å². The number of nitriles is 1. The molecule has 10 heteroatoms. The van der Waals surface area contributed by atoms with Crippen molar-refractivity contribution in [2.45, 2.75) is 20.3 Å². The van der Waals surface area contributed by atoms with E-state index in [9.17, 15) is 10.1 Å². The molecule has 0 radical (unpaired) electrons. The Bertz CT molecular complexity index is 1240. The average molecular weight is 499 g/mol. The molecule has 0 atom stereocenters. The Morgan fingerprint density at radius 2 is 1.97 bits per heavy atom. The highest BCUT2D eigenvalue weighted by atomic mass is 35.5. The van der Waals surface area contributed by atoms with E-state index in [1.807, 2.05) is 26.0 Å². The Morgan fingerprint density at radius 3 is 2.65 bits per heavy atom. The minimum Gasteiger partial charge on any atom is -0.493 e. The van der Waals surface area contributed by atoms with Crippen molar-refractivity contribution in [3.63, 3.8) is 0 Å². The predicted octanol–water partition coefficient (Wildman–Crippen LogP) is 5.07. The molecule has 3 rings (SSSR count). The van der Waals surface area contributed by atoms with Crippen LogP contribution in [0.25, 0.3) is 6.08 Å². The first-order valence-corrected chi connectivity index (χ1v) is 11.6. The van der Waals surface area contributed by atoms with Crippen LogP contribution in [0, 0.1) is 18.3 Å². The van der Waals surface area contributed by atoms with Crippen LogP contribution in [0.5, 0.6) is 17.2 Å². The first-order valence-electron chi connectivity index (χ1n) is 10.4. The molecule has 0 aliphatic heterocycles. The lowest BCUT2D eigenvalue weighted by Gasteiger charge is -2.12. The van der Waals surface area contributed by atoms with Crippen molar-refractivity contribution in [3.05, 3.63) is 63.1 Å². The number of carbonyl (C=O) groups is 1. The van der Waals surface area contributed by atoms with E-state index in [4.69, 9.17) is 25.8 Å². The lowest BCUT2D eigenvalue weighted by atomic mass is 10.1. The van der Waals surface area contributed by atoms with Gasteiger partial charge in [-0.15, -0.1) is 10.2 Å². The summed E-state index contributed by atoms with van der Waals surface area (Å²) >= 11 is 7.29. The smallest absolute Gasteiger partial charge is 0.268 e. The number of ether oxygens (including phenoxy) is 3. The molecule has 3 aromatic rings. The number of halogens is 1. The number of methoxy groups -OCH3 is 1. The summed E-state index contributed by atoms with van der Waals surface area (Å²) < 4.78 is 16.9. The van der Waals surface area contributed by atoms with Gasteiger partial charge in [-0.05, 0) is 60.9 Å². The van der Waals surface area contributed by atoms with Gasteiger partial charge in [0.15, 0.2) is 11.5 Å². The molecule has 0 saturated heterocycles. The Kier molecular flexibility index (Phi) is 8.85. The third-order valence-corrected chi connectivity index (χ3v) is 6.00. The van der Waals surface area contributed by atoms with E-state index in [-0.39, 0.29) is 5.57 Å². The number of benzene rings is 2. The summed E-state index contributed by atoms with van der Waals surface area (Å²) in [4.78, 5) is 12.5. The van der Waals surface area contributed by atoms with E-state index in [0.29, 0.717) is 46.2 Å². The van der Waals surface area contributed by atoms with E-state index < -0.39 is 5.91 Å². The average Bonchev–Trinajstić information content (AvgIpc) is 3.30. The van der Waals surface area contributed by atoms with Gasteiger partial charge in [-0.25, -0.2) is 0 Å². The van der Waals surface area contributed by atoms with Crippen LogP contribution in [0.15, 0.2) is 42.0 Å². The number of carbonyl (C=O) groups excluding carboxylic acids is 1. The molecule has 0 aliphatic carbocycles. The number of aryl methyl sites for hydroxylation is 2. The Labute approximate surface area is 206 Å². The molecule has 0 fully saturated rings. The van der Waals surface area contributed by atoms with Gasteiger partial charge >= 0.3 is 0 Å². The fourth-order valence-corrected chi connectivity index (χ4v) is 3.63. The molecule has 1 aromatic heterocycles. The van der Waals surface area contributed by atoms with E-state index in [1.54, 1.807) is 30.3 Å². The van der Waals surface area contributed by atoms with Crippen LogP contribution in [-0.2, 0) is 11.2 Å². The Hall–Kier alpha value is -3.61. The van der Waals surface area contributed by atoms with Gasteiger partial charge in [0.1, 0.15) is 35.6 Å². The molecule has 2 aromatic carbocycles. The van der Waals surface area contributed by atoms with E-state index in [0.717, 1.165) is 17.0 Å². The van der Waals surface area contributed by atoms with E-state index >= 15 is 0 Å². The summed E-state index contributed by atoms with van der Waals surface area (Å²) in [6.07, 6.45) is 2.19. The van der Waals surface area contributed by atoms with Gasteiger partial charge in [0.2, 0.25) is 5.13 Å². The summed E-state index contributed by atoms with van der Waals surface area (Å²) in [5, 5.41) is 21.7. The first kappa shape index (κ1) is 25.0. The number of aromatic nitrogens is 2. The molecule has 0 bridgehead atoms. The molecule has 176 valence electrons. The highest BCUT2D eigenvalue weighted by Gasteiger charge is 2.13. The van der Waals surface area contributed by atoms with Crippen LogP contribution >= 0.6 is 22.9 Å². The normalized spacial score (nSPS) is 11.0. The lowest BCUT2D eigenvalue weighted by molar-refractivity contribution is -0.112. The maximum atomic E-state index is 12.5. The summed E-state index contributed by atoms with van der Waals surface area (Å²) in [6, 6.07) is 12.5. The summed E-state index contributed by atoms with van der Waals surface area (Å²) in [5.41, 5.74) is 1.47. The second kappa shape index (κ2) is 12.0. The zero-order valence-corrected chi connectivity index (χ0v) is 20.5. The number of amides is 1. The molecule has 8 nitrogen and oxygen atoms in total. The fourth-order valence-electron chi connectivity index (χ4n) is 2.84. The minimum atomic E-state index is -0.560. The summed E-state index contributed by atoms with van der Waals surface area (Å²) in [6.45, 7) is 4.48.